The number of nitrogens with two attached hydrogens (primary N) is 1. The third-order valence-corrected chi connectivity index (χ3v) is 2.28. The van der Waals surface area contributed by atoms with E-state index in [-0.39, 0.29) is 6.04 Å². The molecule has 2 N–H and O–H groups in total. The zero-order valence-corrected chi connectivity index (χ0v) is 7.14. The van der Waals surface area contributed by atoms with Gasteiger partial charge >= 0.3 is 0 Å². The third-order valence-electron chi connectivity index (χ3n) is 2.01. The van der Waals surface area contributed by atoms with Crippen molar-refractivity contribution in [2.45, 2.75) is 25.3 Å². The van der Waals surface area contributed by atoms with E-state index in [1.165, 1.54) is 0 Å². The Morgan fingerprint density at radius 1 is 1.64 bits per heavy atom. The average Bonchev–Trinajstić information content (AvgIpc) is 2.04. The second-order valence-corrected chi connectivity index (χ2v) is 3.23. The molecule has 1 saturated heterocycles. The zero-order chi connectivity index (χ0) is 8.27. The molecule has 11 heavy (non-hydrogen) atoms. The first-order valence-corrected chi connectivity index (χ1v) is 4.17. The summed E-state index contributed by atoms with van der Waals surface area (Å²) in [7, 11) is 0. The van der Waals surface area contributed by atoms with E-state index >= 15 is 0 Å². The van der Waals surface area contributed by atoms with E-state index in [1.807, 2.05) is 0 Å². The lowest BCUT2D eigenvalue weighted by molar-refractivity contribution is -0.119. The molecule has 0 aromatic carbocycles. The molecule has 0 spiro atoms. The minimum absolute atomic E-state index is 0.0104. The summed E-state index contributed by atoms with van der Waals surface area (Å²) in [6.45, 7) is 0.797. The lowest BCUT2D eigenvalue weighted by Gasteiger charge is -2.31. The topological polar surface area (TPSA) is 46.3 Å². The van der Waals surface area contributed by atoms with Crippen LogP contribution in [0.15, 0.2) is 0 Å². The van der Waals surface area contributed by atoms with Gasteiger partial charge in [0.2, 0.25) is 6.41 Å². The SMILES string of the molecule is NC(=S)C1CCCCN1C=O. The number of nitrogens with zero attached hydrogens (tertiary/aromatic N) is 1. The van der Waals surface area contributed by atoms with Crippen molar-refractivity contribution < 1.29 is 4.79 Å². The van der Waals surface area contributed by atoms with Gasteiger partial charge in [-0.2, -0.15) is 0 Å². The highest BCUT2D eigenvalue weighted by Crippen LogP contribution is 2.14. The van der Waals surface area contributed by atoms with E-state index in [1.54, 1.807) is 4.90 Å². The van der Waals surface area contributed by atoms with Crippen molar-refractivity contribution in [3.05, 3.63) is 0 Å². The van der Waals surface area contributed by atoms with Crippen LogP contribution in [0.1, 0.15) is 19.3 Å². The lowest BCUT2D eigenvalue weighted by Crippen LogP contribution is -2.45. The highest BCUT2D eigenvalue weighted by molar-refractivity contribution is 7.80. The van der Waals surface area contributed by atoms with Crippen LogP contribution in [0.25, 0.3) is 0 Å². The van der Waals surface area contributed by atoms with Crippen molar-refractivity contribution in [2.75, 3.05) is 6.54 Å². The Kier molecular flexibility index (Phi) is 2.82. The van der Waals surface area contributed by atoms with Gasteiger partial charge in [-0.15, -0.1) is 0 Å². The molecule has 1 atom stereocenters. The standard InChI is InChI=1S/C7H12N2OS/c8-7(11)6-3-1-2-4-9(6)5-10/h5-6H,1-4H2,(H2,8,11). The van der Waals surface area contributed by atoms with Crippen LogP contribution in [-0.2, 0) is 4.79 Å². The van der Waals surface area contributed by atoms with Gasteiger partial charge in [0.05, 0.1) is 11.0 Å². The molecule has 1 fully saturated rings. The number of hydrogen-bond acceptors (Lipinski definition) is 2. The Labute approximate surface area is 71.5 Å². The number of rotatable bonds is 2. The molecular weight excluding hydrogens is 160 g/mol. The monoisotopic (exact) mass is 172 g/mol. The van der Waals surface area contributed by atoms with Crippen molar-refractivity contribution in [2.24, 2.45) is 5.73 Å². The van der Waals surface area contributed by atoms with E-state index < -0.39 is 0 Å². The minimum Gasteiger partial charge on any atom is -0.392 e. The van der Waals surface area contributed by atoms with Crippen molar-refractivity contribution in [3.8, 4) is 0 Å². The van der Waals surface area contributed by atoms with Gasteiger partial charge in [-0.25, -0.2) is 0 Å². The summed E-state index contributed by atoms with van der Waals surface area (Å²) < 4.78 is 0. The summed E-state index contributed by atoms with van der Waals surface area (Å²) in [5, 5.41) is 0. The molecule has 0 aliphatic carbocycles. The molecule has 1 aliphatic heterocycles. The van der Waals surface area contributed by atoms with Gasteiger partial charge in [0.1, 0.15) is 0 Å². The van der Waals surface area contributed by atoms with Gasteiger partial charge in [-0.1, -0.05) is 12.2 Å². The summed E-state index contributed by atoms with van der Waals surface area (Å²) in [6.07, 6.45) is 3.95. The molecule has 0 radical (unpaired) electrons. The average molecular weight is 172 g/mol. The number of thiocarbonyl (C=S) groups is 1. The third kappa shape index (κ3) is 1.89. The largest absolute Gasteiger partial charge is 0.392 e. The van der Waals surface area contributed by atoms with Gasteiger partial charge in [0.15, 0.2) is 0 Å². The van der Waals surface area contributed by atoms with Crippen molar-refractivity contribution in [1.82, 2.24) is 4.90 Å². The molecule has 3 nitrogen and oxygen atoms in total. The van der Waals surface area contributed by atoms with Gasteiger partial charge in [-0.05, 0) is 19.3 Å². The first kappa shape index (κ1) is 8.46. The van der Waals surface area contributed by atoms with Crippen LogP contribution in [0.4, 0.5) is 0 Å². The Bertz CT molecular complexity index is 172. The molecular formula is C7H12N2OS. The Hall–Kier alpha value is -0.640. The minimum atomic E-state index is 0.0104. The zero-order valence-electron chi connectivity index (χ0n) is 6.32. The summed E-state index contributed by atoms with van der Waals surface area (Å²) >= 11 is 4.84. The molecule has 1 heterocycles. The van der Waals surface area contributed by atoms with E-state index in [2.05, 4.69) is 0 Å². The Balaban J connectivity index is 2.58. The van der Waals surface area contributed by atoms with E-state index in [0.29, 0.717) is 4.99 Å². The Morgan fingerprint density at radius 3 is 2.82 bits per heavy atom. The number of piperidine rings is 1. The number of likely N-dealkylation sites (tertiary alicyclic amines) is 1. The van der Waals surface area contributed by atoms with Crippen LogP contribution in [0, 0.1) is 0 Å². The predicted molar refractivity (Wildman–Crippen MR) is 47.2 cm³/mol. The van der Waals surface area contributed by atoms with E-state index in [9.17, 15) is 4.79 Å². The maximum absolute atomic E-state index is 10.5. The fourth-order valence-electron chi connectivity index (χ4n) is 1.39. The van der Waals surface area contributed by atoms with Crippen molar-refractivity contribution in [3.63, 3.8) is 0 Å². The highest BCUT2D eigenvalue weighted by Gasteiger charge is 2.22. The van der Waals surface area contributed by atoms with Crippen LogP contribution in [0.2, 0.25) is 0 Å². The first-order valence-electron chi connectivity index (χ1n) is 3.76. The molecule has 1 amide bonds. The smallest absolute Gasteiger partial charge is 0.210 e. The molecule has 0 saturated carbocycles. The van der Waals surface area contributed by atoms with Crippen LogP contribution in [-0.4, -0.2) is 28.9 Å². The van der Waals surface area contributed by atoms with Crippen molar-refractivity contribution in [1.29, 1.82) is 0 Å². The molecule has 1 rings (SSSR count). The lowest BCUT2D eigenvalue weighted by atomic mass is 10.0. The molecule has 0 aromatic rings. The maximum Gasteiger partial charge on any atom is 0.210 e. The highest BCUT2D eigenvalue weighted by atomic mass is 32.1. The van der Waals surface area contributed by atoms with Crippen LogP contribution in [0.5, 0.6) is 0 Å². The van der Waals surface area contributed by atoms with E-state index in [0.717, 1.165) is 32.2 Å². The van der Waals surface area contributed by atoms with Gasteiger partial charge in [-0.3, -0.25) is 4.79 Å². The number of amides is 1. The normalized spacial score (nSPS) is 24.7. The van der Waals surface area contributed by atoms with Crippen LogP contribution >= 0.6 is 12.2 Å². The van der Waals surface area contributed by atoms with E-state index in [4.69, 9.17) is 18.0 Å². The second kappa shape index (κ2) is 3.67. The summed E-state index contributed by atoms with van der Waals surface area (Å²) in [6, 6.07) is 0.0104. The molecule has 1 aliphatic rings. The molecule has 4 heteroatoms. The second-order valence-electron chi connectivity index (χ2n) is 2.76. The van der Waals surface area contributed by atoms with Crippen LogP contribution in [0.3, 0.4) is 0 Å². The fourth-order valence-corrected chi connectivity index (χ4v) is 1.64. The van der Waals surface area contributed by atoms with Gasteiger partial charge in [0.25, 0.3) is 0 Å². The molecule has 62 valence electrons. The van der Waals surface area contributed by atoms with Crippen LogP contribution < -0.4 is 5.73 Å². The predicted octanol–water partition coefficient (Wildman–Crippen LogP) is 0.283. The number of hydrogen-bond donors (Lipinski definition) is 1. The molecule has 1 unspecified atom stereocenters. The fraction of sp³-hybridized carbons (Fsp3) is 0.714. The number of carbonyl (C=O) groups is 1. The summed E-state index contributed by atoms with van der Waals surface area (Å²) in [5.74, 6) is 0. The van der Waals surface area contributed by atoms with Gasteiger partial charge in [0, 0.05) is 6.54 Å². The van der Waals surface area contributed by atoms with Crippen molar-refractivity contribution >= 4 is 23.6 Å². The van der Waals surface area contributed by atoms with Gasteiger partial charge < -0.3 is 10.6 Å². The quantitative estimate of drug-likeness (QED) is 0.481. The number of carbonyl (C=O) groups excluding carboxylic acids is 1. The molecule has 0 aromatic heterocycles. The Morgan fingerprint density at radius 2 is 2.36 bits per heavy atom. The summed E-state index contributed by atoms with van der Waals surface area (Å²) in [5.41, 5.74) is 5.46. The maximum atomic E-state index is 10.5. The molecule has 0 bridgehead atoms. The summed E-state index contributed by atoms with van der Waals surface area (Å²) in [4.78, 5) is 12.6. The first-order chi connectivity index (χ1) is 5.25.